The van der Waals surface area contributed by atoms with E-state index >= 15 is 0 Å². The molecule has 1 fully saturated rings. The van der Waals surface area contributed by atoms with Crippen molar-refractivity contribution in [1.82, 2.24) is 9.80 Å². The average molecular weight is 447 g/mol. The van der Waals surface area contributed by atoms with E-state index < -0.39 is 0 Å². The fourth-order valence-corrected chi connectivity index (χ4v) is 5.00. The van der Waals surface area contributed by atoms with Crippen molar-refractivity contribution in [2.45, 2.75) is 45.4 Å². The fourth-order valence-electron chi connectivity index (χ4n) is 4.79. The summed E-state index contributed by atoms with van der Waals surface area (Å²) in [7, 11) is 0. The molecule has 3 aromatic carbocycles. The van der Waals surface area contributed by atoms with E-state index in [1.165, 1.54) is 16.7 Å². The third kappa shape index (κ3) is 5.12. The van der Waals surface area contributed by atoms with Crippen molar-refractivity contribution in [3.05, 3.63) is 106 Å². The number of hydrogen-bond donors (Lipinski definition) is 0. The van der Waals surface area contributed by atoms with Crippen LogP contribution in [0, 0.1) is 0 Å². The maximum Gasteiger partial charge on any atom is 0.159 e. The van der Waals surface area contributed by atoms with E-state index in [1.54, 1.807) is 6.92 Å². The van der Waals surface area contributed by atoms with Crippen molar-refractivity contribution < 1.29 is 4.79 Å². The maximum atomic E-state index is 11.8. The minimum absolute atomic E-state index is 0.101. The zero-order chi connectivity index (χ0) is 22.7. The van der Waals surface area contributed by atoms with Crippen LogP contribution in [0.3, 0.4) is 0 Å². The van der Waals surface area contributed by atoms with Gasteiger partial charge in [0.1, 0.15) is 0 Å². The predicted molar refractivity (Wildman–Crippen MR) is 132 cm³/mol. The van der Waals surface area contributed by atoms with Crippen LogP contribution in [-0.2, 0) is 6.54 Å². The number of halogens is 1. The van der Waals surface area contributed by atoms with E-state index in [-0.39, 0.29) is 11.8 Å². The quantitative estimate of drug-likeness (QED) is 0.419. The molecule has 3 nitrogen and oxygen atoms in total. The lowest BCUT2D eigenvalue weighted by atomic mass is 9.92. The Labute approximate surface area is 196 Å². The number of Topliss-reactive ketones (excluding diaryl/α,β-unsaturated/α-hetero) is 1. The molecule has 0 spiro atoms. The van der Waals surface area contributed by atoms with Gasteiger partial charge in [0, 0.05) is 42.3 Å². The SMILES string of the molecule is CC(=O)c1ccc([C@H](c2ccccc2)N2C[C@@H](C)N(Cc3cccc(Cl)c3)C[C@@H]2C)cc1. The van der Waals surface area contributed by atoms with Gasteiger partial charge < -0.3 is 0 Å². The van der Waals surface area contributed by atoms with Gasteiger partial charge in [-0.25, -0.2) is 0 Å². The first kappa shape index (κ1) is 22.7. The van der Waals surface area contributed by atoms with E-state index in [0.717, 1.165) is 30.2 Å². The van der Waals surface area contributed by atoms with E-state index in [0.29, 0.717) is 12.1 Å². The zero-order valence-electron chi connectivity index (χ0n) is 19.0. The van der Waals surface area contributed by atoms with Crippen LogP contribution in [0.5, 0.6) is 0 Å². The summed E-state index contributed by atoms with van der Waals surface area (Å²) in [4.78, 5) is 16.9. The minimum atomic E-state index is 0.101. The number of benzene rings is 3. The van der Waals surface area contributed by atoms with E-state index in [9.17, 15) is 4.79 Å². The molecule has 3 aromatic rings. The molecule has 0 aromatic heterocycles. The molecule has 0 aliphatic carbocycles. The molecule has 0 bridgehead atoms. The number of nitrogens with zero attached hydrogens (tertiary/aromatic N) is 2. The monoisotopic (exact) mass is 446 g/mol. The van der Waals surface area contributed by atoms with Crippen LogP contribution in [0.25, 0.3) is 0 Å². The van der Waals surface area contributed by atoms with Gasteiger partial charge in [0.05, 0.1) is 6.04 Å². The highest BCUT2D eigenvalue weighted by molar-refractivity contribution is 6.30. The minimum Gasteiger partial charge on any atom is -0.295 e. The highest BCUT2D eigenvalue weighted by Crippen LogP contribution is 2.34. The molecule has 0 saturated carbocycles. The molecule has 3 atom stereocenters. The number of hydrogen-bond acceptors (Lipinski definition) is 3. The standard InChI is InChI=1S/C28H31ClN2O/c1-20-18-31(21(2)17-30(20)19-23-8-7-11-27(29)16-23)28(25-9-5-4-6-10-25)26-14-12-24(13-15-26)22(3)32/h4-16,20-21,28H,17-19H2,1-3H3/t20-,21+,28+/m1/s1. The second-order valence-corrected chi connectivity index (χ2v) is 9.38. The Hall–Kier alpha value is -2.46. The van der Waals surface area contributed by atoms with Crippen LogP contribution in [0.1, 0.15) is 53.9 Å². The average Bonchev–Trinajstić information content (AvgIpc) is 2.78. The van der Waals surface area contributed by atoms with Crippen molar-refractivity contribution >= 4 is 17.4 Å². The lowest BCUT2D eigenvalue weighted by molar-refractivity contribution is 0.0195. The van der Waals surface area contributed by atoms with Gasteiger partial charge in [-0.05, 0) is 49.6 Å². The van der Waals surface area contributed by atoms with Gasteiger partial charge in [-0.3, -0.25) is 14.6 Å². The molecule has 166 valence electrons. The van der Waals surface area contributed by atoms with Gasteiger partial charge >= 0.3 is 0 Å². The lowest BCUT2D eigenvalue weighted by Gasteiger charge is -2.47. The van der Waals surface area contributed by atoms with E-state index in [2.05, 4.69) is 78.2 Å². The van der Waals surface area contributed by atoms with Gasteiger partial charge in [-0.1, -0.05) is 78.3 Å². The summed E-state index contributed by atoms with van der Waals surface area (Å²) >= 11 is 6.21. The molecule has 0 radical (unpaired) electrons. The number of piperazine rings is 1. The summed E-state index contributed by atoms with van der Waals surface area (Å²) in [5.41, 5.74) is 4.52. The number of ketones is 1. The van der Waals surface area contributed by atoms with Gasteiger partial charge in [0.25, 0.3) is 0 Å². The summed E-state index contributed by atoms with van der Waals surface area (Å²) in [6.07, 6.45) is 0. The van der Waals surface area contributed by atoms with Gasteiger partial charge in [0.15, 0.2) is 5.78 Å². The summed E-state index contributed by atoms with van der Waals surface area (Å²) in [5.74, 6) is 0.101. The Morgan fingerprint density at radius 1 is 0.906 bits per heavy atom. The molecule has 1 heterocycles. The normalized spacial score (nSPS) is 20.8. The summed E-state index contributed by atoms with van der Waals surface area (Å²) in [6, 6.07) is 27.9. The summed E-state index contributed by atoms with van der Waals surface area (Å²) in [6.45, 7) is 9.11. The number of carbonyl (C=O) groups is 1. The fraction of sp³-hybridized carbons (Fsp3) is 0.321. The van der Waals surface area contributed by atoms with Crippen LogP contribution < -0.4 is 0 Å². The molecule has 1 aliphatic heterocycles. The molecular weight excluding hydrogens is 416 g/mol. The largest absolute Gasteiger partial charge is 0.295 e. The smallest absolute Gasteiger partial charge is 0.159 e. The van der Waals surface area contributed by atoms with Crippen molar-refractivity contribution in [3.63, 3.8) is 0 Å². The van der Waals surface area contributed by atoms with Gasteiger partial charge in [0.2, 0.25) is 0 Å². The molecule has 1 saturated heterocycles. The zero-order valence-corrected chi connectivity index (χ0v) is 19.8. The Balaban J connectivity index is 1.60. The molecule has 4 heteroatoms. The Morgan fingerprint density at radius 3 is 2.25 bits per heavy atom. The first-order valence-corrected chi connectivity index (χ1v) is 11.7. The van der Waals surface area contributed by atoms with Crippen molar-refractivity contribution in [2.75, 3.05) is 13.1 Å². The van der Waals surface area contributed by atoms with Gasteiger partial charge in [-0.15, -0.1) is 0 Å². The molecule has 0 N–H and O–H groups in total. The highest BCUT2D eigenvalue weighted by Gasteiger charge is 2.34. The molecule has 0 unspecified atom stereocenters. The highest BCUT2D eigenvalue weighted by atomic mass is 35.5. The summed E-state index contributed by atoms with van der Waals surface area (Å²) in [5, 5.41) is 0.792. The summed E-state index contributed by atoms with van der Waals surface area (Å²) < 4.78 is 0. The molecule has 32 heavy (non-hydrogen) atoms. The molecule has 1 aliphatic rings. The molecular formula is C28H31ClN2O. The van der Waals surface area contributed by atoms with Crippen molar-refractivity contribution in [2.24, 2.45) is 0 Å². The third-order valence-corrected chi connectivity index (χ3v) is 6.75. The number of rotatable bonds is 6. The number of carbonyl (C=O) groups excluding carboxylic acids is 1. The van der Waals surface area contributed by atoms with Crippen molar-refractivity contribution in [1.29, 1.82) is 0 Å². The third-order valence-electron chi connectivity index (χ3n) is 6.52. The Morgan fingerprint density at radius 2 is 1.59 bits per heavy atom. The van der Waals surface area contributed by atoms with E-state index in [4.69, 9.17) is 11.6 Å². The van der Waals surface area contributed by atoms with Crippen LogP contribution in [0.4, 0.5) is 0 Å². The second-order valence-electron chi connectivity index (χ2n) is 8.95. The van der Waals surface area contributed by atoms with Crippen molar-refractivity contribution in [3.8, 4) is 0 Å². The first-order chi connectivity index (χ1) is 15.4. The van der Waals surface area contributed by atoms with Crippen LogP contribution in [0.15, 0.2) is 78.9 Å². The first-order valence-electron chi connectivity index (χ1n) is 11.3. The van der Waals surface area contributed by atoms with Crippen LogP contribution in [-0.4, -0.2) is 40.8 Å². The van der Waals surface area contributed by atoms with Crippen LogP contribution >= 0.6 is 11.6 Å². The maximum absolute atomic E-state index is 11.8. The second kappa shape index (κ2) is 9.99. The Kier molecular flexibility index (Phi) is 7.10. The Bertz CT molecular complexity index is 1050. The van der Waals surface area contributed by atoms with E-state index in [1.807, 2.05) is 24.3 Å². The predicted octanol–water partition coefficient (Wildman–Crippen LogP) is 6.23. The lowest BCUT2D eigenvalue weighted by Crippen LogP contribution is -2.56. The molecule has 0 amide bonds. The van der Waals surface area contributed by atoms with Crippen LogP contribution in [0.2, 0.25) is 5.02 Å². The van der Waals surface area contributed by atoms with Gasteiger partial charge in [-0.2, -0.15) is 0 Å². The topological polar surface area (TPSA) is 23.6 Å². The molecule has 4 rings (SSSR count).